The molecule has 1 amide bonds. The molecule has 2 aliphatic rings. The van der Waals surface area contributed by atoms with E-state index in [2.05, 4.69) is 4.57 Å². The first-order valence-electron chi connectivity index (χ1n) is 11.3. The molecule has 5 rings (SSSR count). The van der Waals surface area contributed by atoms with Crippen LogP contribution in [0.15, 0.2) is 41.3 Å². The van der Waals surface area contributed by atoms with Gasteiger partial charge < -0.3 is 19.0 Å². The topological polar surface area (TPSA) is 89.6 Å². The summed E-state index contributed by atoms with van der Waals surface area (Å²) in [6.45, 7) is 3.90. The number of aromatic nitrogens is 3. The third-order valence-electron chi connectivity index (χ3n) is 6.71. The Labute approximate surface area is 186 Å². The zero-order valence-electron chi connectivity index (χ0n) is 18.2. The minimum atomic E-state index is -0.929. The molecule has 0 radical (unpaired) electrons. The molecule has 1 N–H and O–H groups in total. The standard InChI is InChI=1S/C24H28N4O4/c1-16-7-8-18-19(27(16)24(30)31)9-10-20-23(18)25-21(28(20)17-5-4-14-32-15-17)11-13-26-12-3-2-6-22(26)29/h2-3,6,9-10,12,16-17H,4-5,7-8,11,13-15H2,1H3,(H,30,31). The predicted octanol–water partition coefficient (Wildman–Crippen LogP) is 3.61. The summed E-state index contributed by atoms with van der Waals surface area (Å²) in [5, 5.41) is 9.78. The third kappa shape index (κ3) is 3.58. The highest BCUT2D eigenvalue weighted by molar-refractivity contribution is 5.94. The van der Waals surface area contributed by atoms with Crippen LogP contribution in [0.3, 0.4) is 0 Å². The molecule has 2 aromatic heterocycles. The fourth-order valence-electron chi connectivity index (χ4n) is 5.11. The van der Waals surface area contributed by atoms with Crippen molar-refractivity contribution >= 4 is 22.8 Å². The summed E-state index contributed by atoms with van der Waals surface area (Å²) < 4.78 is 9.75. The first-order chi connectivity index (χ1) is 15.5. The predicted molar refractivity (Wildman–Crippen MR) is 122 cm³/mol. The lowest BCUT2D eigenvalue weighted by atomic mass is 9.95. The molecular weight excluding hydrogens is 408 g/mol. The van der Waals surface area contributed by atoms with Crippen molar-refractivity contribution in [1.82, 2.24) is 14.1 Å². The van der Waals surface area contributed by atoms with Crippen LogP contribution in [0, 0.1) is 0 Å². The van der Waals surface area contributed by atoms with E-state index in [4.69, 9.17) is 9.72 Å². The van der Waals surface area contributed by atoms with Gasteiger partial charge in [-0.05, 0) is 50.8 Å². The molecule has 3 aromatic rings. The lowest BCUT2D eigenvalue weighted by molar-refractivity contribution is 0.0595. The van der Waals surface area contributed by atoms with Gasteiger partial charge in [-0.15, -0.1) is 0 Å². The number of amides is 1. The molecule has 0 saturated carbocycles. The van der Waals surface area contributed by atoms with Gasteiger partial charge in [0.25, 0.3) is 5.56 Å². The molecular formula is C24H28N4O4. The number of hydrogen-bond donors (Lipinski definition) is 1. The van der Waals surface area contributed by atoms with Gasteiger partial charge in [0, 0.05) is 43.4 Å². The number of benzene rings is 1. The zero-order valence-corrected chi connectivity index (χ0v) is 18.2. The highest BCUT2D eigenvalue weighted by atomic mass is 16.5. The molecule has 8 heteroatoms. The average Bonchev–Trinajstić information content (AvgIpc) is 3.17. The summed E-state index contributed by atoms with van der Waals surface area (Å²) >= 11 is 0. The number of pyridine rings is 1. The van der Waals surface area contributed by atoms with Crippen molar-refractivity contribution in [2.24, 2.45) is 0 Å². The van der Waals surface area contributed by atoms with Gasteiger partial charge >= 0.3 is 6.09 Å². The fourth-order valence-corrected chi connectivity index (χ4v) is 5.11. The van der Waals surface area contributed by atoms with Gasteiger partial charge in [-0.2, -0.15) is 0 Å². The van der Waals surface area contributed by atoms with Crippen LogP contribution in [-0.2, 0) is 24.1 Å². The summed E-state index contributed by atoms with van der Waals surface area (Å²) in [4.78, 5) is 30.6. The summed E-state index contributed by atoms with van der Waals surface area (Å²) in [6, 6.07) is 9.22. The normalized spacial score (nSPS) is 21.0. The largest absolute Gasteiger partial charge is 0.465 e. The van der Waals surface area contributed by atoms with Gasteiger partial charge in [-0.3, -0.25) is 9.69 Å². The third-order valence-corrected chi connectivity index (χ3v) is 6.71. The summed E-state index contributed by atoms with van der Waals surface area (Å²) in [6.07, 6.45) is 5.06. The van der Waals surface area contributed by atoms with Crippen molar-refractivity contribution in [2.75, 3.05) is 18.1 Å². The van der Waals surface area contributed by atoms with Crippen molar-refractivity contribution in [3.05, 3.63) is 58.3 Å². The van der Waals surface area contributed by atoms with Crippen molar-refractivity contribution < 1.29 is 14.6 Å². The SMILES string of the molecule is CC1CCc2c(ccc3c2nc(CCn2ccccc2=O)n3C2CCCOC2)N1C(=O)O. The van der Waals surface area contributed by atoms with Crippen molar-refractivity contribution in [3.63, 3.8) is 0 Å². The van der Waals surface area contributed by atoms with Crippen molar-refractivity contribution in [2.45, 2.75) is 57.7 Å². The smallest absolute Gasteiger partial charge is 0.412 e. The lowest BCUT2D eigenvalue weighted by Crippen LogP contribution is -2.41. The molecule has 1 fully saturated rings. The molecule has 4 heterocycles. The highest BCUT2D eigenvalue weighted by Gasteiger charge is 2.31. The Morgan fingerprint density at radius 2 is 2.12 bits per heavy atom. The molecule has 1 aromatic carbocycles. The number of hydrogen-bond acceptors (Lipinski definition) is 4. The Hall–Kier alpha value is -3.13. The van der Waals surface area contributed by atoms with Gasteiger partial charge in [0.05, 0.1) is 29.4 Å². The van der Waals surface area contributed by atoms with Gasteiger partial charge in [-0.25, -0.2) is 9.78 Å². The minimum Gasteiger partial charge on any atom is -0.465 e. The van der Waals surface area contributed by atoms with E-state index in [9.17, 15) is 14.7 Å². The summed E-state index contributed by atoms with van der Waals surface area (Å²) in [5.74, 6) is 0.917. The van der Waals surface area contributed by atoms with Gasteiger partial charge in [0.2, 0.25) is 0 Å². The van der Waals surface area contributed by atoms with Crippen molar-refractivity contribution in [3.8, 4) is 0 Å². The second-order valence-corrected chi connectivity index (χ2v) is 8.72. The molecule has 0 bridgehead atoms. The van der Waals surface area contributed by atoms with Crippen LogP contribution in [0.1, 0.15) is 43.6 Å². The number of anilines is 1. The Morgan fingerprint density at radius 3 is 2.88 bits per heavy atom. The molecule has 2 aliphatic heterocycles. The Balaban J connectivity index is 1.61. The Kier molecular flexibility index (Phi) is 5.46. The van der Waals surface area contributed by atoms with E-state index in [0.717, 1.165) is 60.4 Å². The monoisotopic (exact) mass is 436 g/mol. The molecule has 168 valence electrons. The second kappa shape index (κ2) is 8.43. The van der Waals surface area contributed by atoms with E-state index < -0.39 is 6.09 Å². The minimum absolute atomic E-state index is 0.0281. The van der Waals surface area contributed by atoms with Gasteiger partial charge in [-0.1, -0.05) is 6.07 Å². The van der Waals surface area contributed by atoms with Crippen LogP contribution in [-0.4, -0.2) is 44.6 Å². The number of nitrogens with zero attached hydrogens (tertiary/aromatic N) is 4. The maximum absolute atomic E-state index is 12.2. The Bertz CT molecular complexity index is 1210. The van der Waals surface area contributed by atoms with E-state index >= 15 is 0 Å². The molecule has 2 unspecified atom stereocenters. The molecule has 0 aliphatic carbocycles. The molecule has 8 nitrogen and oxygen atoms in total. The summed E-state index contributed by atoms with van der Waals surface area (Å²) in [5.41, 5.74) is 3.60. The molecule has 0 spiro atoms. The van der Waals surface area contributed by atoms with E-state index in [0.29, 0.717) is 19.6 Å². The van der Waals surface area contributed by atoms with Gasteiger partial charge in [0.1, 0.15) is 5.82 Å². The van der Waals surface area contributed by atoms with Crippen molar-refractivity contribution in [1.29, 1.82) is 0 Å². The number of rotatable bonds is 4. The average molecular weight is 437 g/mol. The summed E-state index contributed by atoms with van der Waals surface area (Å²) in [7, 11) is 0. The maximum atomic E-state index is 12.2. The van der Waals surface area contributed by atoms with Crippen LogP contribution in [0.2, 0.25) is 0 Å². The first kappa shape index (κ1) is 20.8. The number of ether oxygens (including phenoxy) is 1. The second-order valence-electron chi connectivity index (χ2n) is 8.72. The number of fused-ring (bicyclic) bond motifs is 3. The van der Waals surface area contributed by atoms with Crippen LogP contribution in [0.25, 0.3) is 11.0 Å². The molecule has 2 atom stereocenters. The quantitative estimate of drug-likeness (QED) is 0.675. The molecule has 32 heavy (non-hydrogen) atoms. The van der Waals surface area contributed by atoms with E-state index in [1.165, 1.54) is 4.90 Å². The van der Waals surface area contributed by atoms with Crippen LogP contribution in [0.5, 0.6) is 0 Å². The fraction of sp³-hybridized carbons (Fsp3) is 0.458. The Morgan fingerprint density at radius 1 is 1.25 bits per heavy atom. The number of carbonyl (C=O) groups is 1. The number of imidazole rings is 1. The molecule has 1 saturated heterocycles. The maximum Gasteiger partial charge on any atom is 0.412 e. The van der Waals surface area contributed by atoms with E-state index in [1.807, 2.05) is 25.1 Å². The van der Waals surface area contributed by atoms with Crippen LogP contribution in [0.4, 0.5) is 10.5 Å². The van der Waals surface area contributed by atoms with E-state index in [1.54, 1.807) is 22.9 Å². The number of carboxylic acid groups (broad SMARTS) is 1. The van der Waals surface area contributed by atoms with Gasteiger partial charge in [0.15, 0.2) is 0 Å². The first-order valence-corrected chi connectivity index (χ1v) is 11.3. The zero-order chi connectivity index (χ0) is 22.2. The van der Waals surface area contributed by atoms with Crippen LogP contribution < -0.4 is 10.5 Å². The lowest BCUT2D eigenvalue weighted by Gasteiger charge is -2.33. The van der Waals surface area contributed by atoms with Crippen LogP contribution >= 0.6 is 0 Å². The number of aryl methyl sites for hydroxylation is 3. The highest BCUT2D eigenvalue weighted by Crippen LogP contribution is 2.38. The van der Waals surface area contributed by atoms with E-state index in [-0.39, 0.29) is 17.6 Å².